The number of nitrogens with zero attached hydrogens (tertiary/aromatic N) is 2. The lowest BCUT2D eigenvalue weighted by atomic mass is 9.89. The number of likely N-dealkylation sites (tertiary alicyclic amines) is 1. The zero-order valence-corrected chi connectivity index (χ0v) is 12.8. The molecule has 0 radical (unpaired) electrons. The molecule has 2 aliphatic rings. The van der Waals surface area contributed by atoms with Crippen molar-refractivity contribution >= 4 is 17.6 Å². The summed E-state index contributed by atoms with van der Waals surface area (Å²) in [5.41, 5.74) is 0.926. The zero-order chi connectivity index (χ0) is 15.7. The molecule has 5 heteroatoms. The number of carboxylic acids is 1. The molecular formula is C17H22N2O3. The van der Waals surface area contributed by atoms with E-state index in [0.29, 0.717) is 25.4 Å². The van der Waals surface area contributed by atoms with Gasteiger partial charge in [0.25, 0.3) is 0 Å². The Morgan fingerprint density at radius 1 is 1.23 bits per heavy atom. The molecule has 118 valence electrons. The van der Waals surface area contributed by atoms with Gasteiger partial charge in [-0.1, -0.05) is 25.1 Å². The Kier molecular flexibility index (Phi) is 4.16. The van der Waals surface area contributed by atoms with Crippen LogP contribution >= 0.6 is 0 Å². The molecule has 5 nitrogen and oxygen atoms in total. The summed E-state index contributed by atoms with van der Waals surface area (Å²) < 4.78 is 0. The summed E-state index contributed by atoms with van der Waals surface area (Å²) in [4.78, 5) is 27.9. The zero-order valence-electron chi connectivity index (χ0n) is 12.8. The average molecular weight is 302 g/mol. The minimum Gasteiger partial charge on any atom is -0.481 e. The number of carboxylic acid groups (broad SMARTS) is 1. The van der Waals surface area contributed by atoms with Gasteiger partial charge in [-0.2, -0.15) is 0 Å². The van der Waals surface area contributed by atoms with Crippen LogP contribution < -0.4 is 4.90 Å². The van der Waals surface area contributed by atoms with Crippen molar-refractivity contribution in [3.63, 3.8) is 0 Å². The molecule has 1 aromatic carbocycles. The number of hydrogen-bond donors (Lipinski definition) is 1. The van der Waals surface area contributed by atoms with Gasteiger partial charge in [0.2, 0.25) is 5.91 Å². The van der Waals surface area contributed by atoms with Crippen molar-refractivity contribution in [2.75, 3.05) is 24.5 Å². The molecule has 22 heavy (non-hydrogen) atoms. The Balaban J connectivity index is 1.73. The molecule has 1 N–H and O–H groups in total. The Hall–Kier alpha value is -1.88. The molecule has 0 saturated carbocycles. The predicted octanol–water partition coefficient (Wildman–Crippen LogP) is 1.83. The highest BCUT2D eigenvalue weighted by Crippen LogP contribution is 2.29. The number of carbonyl (C=O) groups is 2. The first-order valence-electron chi connectivity index (χ1n) is 7.89. The number of aliphatic carboxylic acids is 1. The summed E-state index contributed by atoms with van der Waals surface area (Å²) >= 11 is 0. The summed E-state index contributed by atoms with van der Waals surface area (Å²) in [6.45, 7) is 4.06. The van der Waals surface area contributed by atoms with E-state index < -0.39 is 5.97 Å². The maximum atomic E-state index is 12.7. The summed E-state index contributed by atoms with van der Waals surface area (Å²) in [6.07, 6.45) is 1.47. The maximum Gasteiger partial charge on any atom is 0.307 e. The number of anilines is 1. The molecule has 2 fully saturated rings. The molecule has 0 aliphatic carbocycles. The highest BCUT2D eigenvalue weighted by Gasteiger charge is 2.40. The summed E-state index contributed by atoms with van der Waals surface area (Å²) in [5.74, 6) is -0.692. The number of carbonyl (C=O) groups excluding carboxylic acids is 1. The molecule has 0 aromatic heterocycles. The molecule has 3 rings (SSSR count). The lowest BCUT2D eigenvalue weighted by molar-refractivity contribution is -0.145. The largest absolute Gasteiger partial charge is 0.481 e. The van der Waals surface area contributed by atoms with E-state index in [1.54, 1.807) is 0 Å². The smallest absolute Gasteiger partial charge is 0.307 e. The number of amides is 1. The number of para-hydroxylation sites is 1. The summed E-state index contributed by atoms with van der Waals surface area (Å²) in [7, 11) is 0. The fourth-order valence-electron chi connectivity index (χ4n) is 3.69. The van der Waals surface area contributed by atoms with Gasteiger partial charge in [-0.3, -0.25) is 14.5 Å². The molecule has 1 amide bonds. The highest BCUT2D eigenvalue weighted by molar-refractivity contribution is 5.99. The van der Waals surface area contributed by atoms with Gasteiger partial charge in [-0.05, 0) is 30.9 Å². The Morgan fingerprint density at radius 2 is 1.95 bits per heavy atom. The summed E-state index contributed by atoms with van der Waals surface area (Å²) in [6, 6.07) is 9.51. The van der Waals surface area contributed by atoms with Crippen LogP contribution in [0.4, 0.5) is 5.69 Å². The molecule has 0 spiro atoms. The third-order valence-corrected chi connectivity index (χ3v) is 4.72. The first-order chi connectivity index (χ1) is 10.6. The average Bonchev–Trinajstić information content (AvgIpc) is 2.89. The van der Waals surface area contributed by atoms with Crippen molar-refractivity contribution in [3.8, 4) is 0 Å². The van der Waals surface area contributed by atoms with Crippen LogP contribution in [0.3, 0.4) is 0 Å². The molecule has 0 bridgehead atoms. The normalized spacial score (nSPS) is 29.8. The molecule has 1 aromatic rings. The van der Waals surface area contributed by atoms with E-state index in [4.69, 9.17) is 0 Å². The second-order valence-corrected chi connectivity index (χ2v) is 6.46. The fourth-order valence-corrected chi connectivity index (χ4v) is 3.69. The van der Waals surface area contributed by atoms with Gasteiger partial charge in [0, 0.05) is 25.3 Å². The number of rotatable bonds is 3. The van der Waals surface area contributed by atoms with Crippen LogP contribution in [0, 0.1) is 11.8 Å². The first-order valence-corrected chi connectivity index (χ1v) is 7.89. The van der Waals surface area contributed by atoms with Crippen molar-refractivity contribution in [3.05, 3.63) is 30.3 Å². The molecule has 3 atom stereocenters. The van der Waals surface area contributed by atoms with E-state index in [-0.39, 0.29) is 17.9 Å². The van der Waals surface area contributed by atoms with Crippen LogP contribution in [0.25, 0.3) is 0 Å². The first kappa shape index (κ1) is 15.0. The van der Waals surface area contributed by atoms with Gasteiger partial charge < -0.3 is 10.0 Å². The van der Waals surface area contributed by atoms with Crippen molar-refractivity contribution in [1.82, 2.24) is 4.90 Å². The van der Waals surface area contributed by atoms with E-state index in [2.05, 4.69) is 11.8 Å². The van der Waals surface area contributed by atoms with E-state index in [0.717, 1.165) is 18.7 Å². The molecule has 2 aliphatic heterocycles. The SMILES string of the molecule is CC1CC(C(=O)O)CN(C2CCN(c3ccccc3)C2=O)C1. The van der Waals surface area contributed by atoms with Crippen LogP contribution in [-0.4, -0.2) is 47.6 Å². The van der Waals surface area contributed by atoms with Crippen molar-refractivity contribution in [1.29, 1.82) is 0 Å². The van der Waals surface area contributed by atoms with Gasteiger partial charge in [0.1, 0.15) is 0 Å². The standard InChI is InChI=1S/C17H22N2O3/c1-12-9-13(17(21)22)11-18(10-12)15-7-8-19(16(15)20)14-5-3-2-4-6-14/h2-6,12-13,15H,7-11H2,1H3,(H,21,22). The second kappa shape index (κ2) is 6.08. The van der Waals surface area contributed by atoms with Crippen LogP contribution in [0.2, 0.25) is 0 Å². The topological polar surface area (TPSA) is 60.9 Å². The summed E-state index contributed by atoms with van der Waals surface area (Å²) in [5, 5.41) is 9.29. The van der Waals surface area contributed by atoms with Gasteiger partial charge in [0.15, 0.2) is 0 Å². The van der Waals surface area contributed by atoms with Gasteiger partial charge in [0.05, 0.1) is 12.0 Å². The third-order valence-electron chi connectivity index (χ3n) is 4.72. The van der Waals surface area contributed by atoms with Gasteiger partial charge in [-0.25, -0.2) is 0 Å². The quantitative estimate of drug-likeness (QED) is 0.925. The number of piperidine rings is 1. The molecule has 2 saturated heterocycles. The van der Waals surface area contributed by atoms with E-state index in [9.17, 15) is 14.7 Å². The fraction of sp³-hybridized carbons (Fsp3) is 0.529. The lowest BCUT2D eigenvalue weighted by Gasteiger charge is -2.37. The van der Waals surface area contributed by atoms with Crippen molar-refractivity contribution < 1.29 is 14.7 Å². The minimum atomic E-state index is -0.748. The molecule has 3 unspecified atom stereocenters. The van der Waals surface area contributed by atoms with Crippen LogP contribution in [0.5, 0.6) is 0 Å². The van der Waals surface area contributed by atoms with Gasteiger partial charge >= 0.3 is 5.97 Å². The lowest BCUT2D eigenvalue weighted by Crippen LogP contribution is -2.50. The van der Waals surface area contributed by atoms with Crippen LogP contribution in [0.1, 0.15) is 19.8 Å². The Morgan fingerprint density at radius 3 is 2.64 bits per heavy atom. The monoisotopic (exact) mass is 302 g/mol. The van der Waals surface area contributed by atoms with E-state index >= 15 is 0 Å². The minimum absolute atomic E-state index is 0.101. The highest BCUT2D eigenvalue weighted by atomic mass is 16.4. The Bertz CT molecular complexity index is 560. The number of benzene rings is 1. The molecule has 2 heterocycles. The van der Waals surface area contributed by atoms with E-state index in [1.165, 1.54) is 0 Å². The van der Waals surface area contributed by atoms with Gasteiger partial charge in [-0.15, -0.1) is 0 Å². The second-order valence-electron chi connectivity index (χ2n) is 6.46. The Labute approximate surface area is 130 Å². The predicted molar refractivity (Wildman–Crippen MR) is 83.7 cm³/mol. The van der Waals surface area contributed by atoms with Crippen LogP contribution in [0.15, 0.2) is 30.3 Å². The van der Waals surface area contributed by atoms with Crippen molar-refractivity contribution in [2.24, 2.45) is 11.8 Å². The third kappa shape index (κ3) is 2.86. The number of hydrogen-bond acceptors (Lipinski definition) is 3. The van der Waals surface area contributed by atoms with E-state index in [1.807, 2.05) is 35.2 Å². The maximum absolute atomic E-state index is 12.7. The van der Waals surface area contributed by atoms with Crippen LogP contribution in [-0.2, 0) is 9.59 Å². The molecular weight excluding hydrogens is 280 g/mol. The van der Waals surface area contributed by atoms with Crippen molar-refractivity contribution in [2.45, 2.75) is 25.8 Å².